The van der Waals surface area contributed by atoms with Crippen molar-refractivity contribution >= 4 is 23.4 Å². The van der Waals surface area contributed by atoms with E-state index in [4.69, 9.17) is 11.6 Å². The predicted octanol–water partition coefficient (Wildman–Crippen LogP) is 1.90. The first-order valence-corrected chi connectivity index (χ1v) is 8.40. The Kier molecular flexibility index (Phi) is 6.86. The first-order chi connectivity index (χ1) is 11.1. The van der Waals surface area contributed by atoms with Gasteiger partial charge in [-0.1, -0.05) is 29.8 Å². The van der Waals surface area contributed by atoms with Gasteiger partial charge in [-0.15, -0.1) is 0 Å². The average molecular weight is 338 g/mol. The van der Waals surface area contributed by atoms with E-state index < -0.39 is 0 Å². The van der Waals surface area contributed by atoms with Crippen molar-refractivity contribution in [1.82, 2.24) is 15.1 Å². The summed E-state index contributed by atoms with van der Waals surface area (Å²) < 4.78 is 0. The standard InChI is InChI=1S/C17H24ClN3O2/c1-20(12-14-6-2-3-7-15(14)18)13-16(22)19-9-5-11-21-10-4-8-17(21)23/h2-3,6-7H,4-5,8-13H2,1H3,(H,19,22). The maximum atomic E-state index is 11.9. The molecule has 0 bridgehead atoms. The summed E-state index contributed by atoms with van der Waals surface area (Å²) in [5.74, 6) is 0.225. The Bertz CT molecular complexity index is 550. The Labute approximate surface area is 142 Å². The lowest BCUT2D eigenvalue weighted by Gasteiger charge is -2.18. The van der Waals surface area contributed by atoms with E-state index in [1.54, 1.807) is 0 Å². The van der Waals surface area contributed by atoms with Gasteiger partial charge < -0.3 is 10.2 Å². The Morgan fingerprint density at radius 2 is 2.17 bits per heavy atom. The number of carbonyl (C=O) groups excluding carboxylic acids is 2. The van der Waals surface area contributed by atoms with Crippen LogP contribution in [0.4, 0.5) is 0 Å². The minimum Gasteiger partial charge on any atom is -0.355 e. The van der Waals surface area contributed by atoms with E-state index in [1.165, 1.54) is 0 Å². The van der Waals surface area contributed by atoms with Crippen LogP contribution in [0.2, 0.25) is 5.02 Å². The van der Waals surface area contributed by atoms with E-state index in [-0.39, 0.29) is 11.8 Å². The number of hydrogen-bond donors (Lipinski definition) is 1. The number of likely N-dealkylation sites (N-methyl/N-ethyl adjacent to an activating group) is 1. The number of amides is 2. The van der Waals surface area contributed by atoms with E-state index >= 15 is 0 Å². The molecule has 0 saturated carbocycles. The number of halogens is 1. The molecule has 126 valence electrons. The van der Waals surface area contributed by atoms with E-state index in [0.717, 1.165) is 36.5 Å². The van der Waals surface area contributed by atoms with Gasteiger partial charge in [0, 0.05) is 37.6 Å². The summed E-state index contributed by atoms with van der Waals surface area (Å²) in [6.45, 7) is 3.15. The molecule has 1 aliphatic rings. The van der Waals surface area contributed by atoms with E-state index in [2.05, 4.69) is 5.32 Å². The van der Waals surface area contributed by atoms with E-state index in [1.807, 2.05) is 41.1 Å². The molecule has 1 N–H and O–H groups in total. The molecule has 1 fully saturated rings. The summed E-state index contributed by atoms with van der Waals surface area (Å²) in [6.07, 6.45) is 2.42. The Hall–Kier alpha value is -1.59. The topological polar surface area (TPSA) is 52.7 Å². The fraction of sp³-hybridized carbons (Fsp3) is 0.529. The van der Waals surface area contributed by atoms with Crippen LogP contribution in [0.25, 0.3) is 0 Å². The average Bonchev–Trinajstić information content (AvgIpc) is 2.91. The van der Waals surface area contributed by atoms with Gasteiger partial charge in [-0.3, -0.25) is 14.5 Å². The highest BCUT2D eigenvalue weighted by Crippen LogP contribution is 2.16. The van der Waals surface area contributed by atoms with Crippen molar-refractivity contribution < 1.29 is 9.59 Å². The summed E-state index contributed by atoms with van der Waals surface area (Å²) >= 11 is 6.12. The fourth-order valence-corrected chi connectivity index (χ4v) is 2.91. The number of nitrogens with zero attached hydrogens (tertiary/aromatic N) is 2. The van der Waals surface area contributed by atoms with Crippen molar-refractivity contribution in [3.05, 3.63) is 34.9 Å². The van der Waals surface area contributed by atoms with Crippen LogP contribution in [-0.2, 0) is 16.1 Å². The van der Waals surface area contributed by atoms with Crippen LogP contribution in [0, 0.1) is 0 Å². The minimum atomic E-state index is -0.00713. The second-order valence-corrected chi connectivity index (χ2v) is 6.36. The molecular weight excluding hydrogens is 314 g/mol. The first kappa shape index (κ1) is 17.8. The van der Waals surface area contributed by atoms with Crippen molar-refractivity contribution in [2.45, 2.75) is 25.8 Å². The molecular formula is C17H24ClN3O2. The normalized spacial score (nSPS) is 14.6. The summed E-state index contributed by atoms with van der Waals surface area (Å²) in [5.41, 5.74) is 1.01. The highest BCUT2D eigenvalue weighted by molar-refractivity contribution is 6.31. The monoisotopic (exact) mass is 337 g/mol. The molecule has 6 heteroatoms. The smallest absolute Gasteiger partial charge is 0.234 e. The van der Waals surface area contributed by atoms with Crippen LogP contribution < -0.4 is 5.32 Å². The van der Waals surface area contributed by atoms with Crippen molar-refractivity contribution in [3.8, 4) is 0 Å². The van der Waals surface area contributed by atoms with Crippen LogP contribution in [0.15, 0.2) is 24.3 Å². The molecule has 2 amide bonds. The van der Waals surface area contributed by atoms with Crippen LogP contribution >= 0.6 is 11.6 Å². The third-order valence-electron chi connectivity index (χ3n) is 3.91. The molecule has 2 rings (SSSR count). The molecule has 1 aromatic carbocycles. The van der Waals surface area contributed by atoms with Gasteiger partial charge in [0.2, 0.25) is 11.8 Å². The van der Waals surface area contributed by atoms with E-state index in [9.17, 15) is 9.59 Å². The summed E-state index contributed by atoms with van der Waals surface area (Å²) in [5, 5.41) is 3.62. The molecule has 0 spiro atoms. The number of rotatable bonds is 8. The minimum absolute atomic E-state index is 0.00713. The number of hydrogen-bond acceptors (Lipinski definition) is 3. The van der Waals surface area contributed by atoms with Gasteiger partial charge in [-0.05, 0) is 31.5 Å². The molecule has 1 aliphatic heterocycles. The summed E-state index contributed by atoms with van der Waals surface area (Å²) in [7, 11) is 1.89. The lowest BCUT2D eigenvalue weighted by atomic mass is 10.2. The number of nitrogens with one attached hydrogen (secondary N) is 1. The van der Waals surface area contributed by atoms with Gasteiger partial charge in [0.05, 0.1) is 6.54 Å². The summed E-state index contributed by atoms with van der Waals surface area (Å²) in [6, 6.07) is 7.65. The zero-order valence-electron chi connectivity index (χ0n) is 13.6. The number of carbonyl (C=O) groups is 2. The van der Waals surface area contributed by atoms with Crippen LogP contribution in [0.3, 0.4) is 0 Å². The zero-order chi connectivity index (χ0) is 16.7. The molecule has 0 aromatic heterocycles. The molecule has 1 heterocycles. The second-order valence-electron chi connectivity index (χ2n) is 5.95. The number of benzene rings is 1. The quantitative estimate of drug-likeness (QED) is 0.737. The van der Waals surface area contributed by atoms with E-state index in [0.29, 0.717) is 26.1 Å². The van der Waals surface area contributed by atoms with Gasteiger partial charge in [0.1, 0.15) is 0 Å². The highest BCUT2D eigenvalue weighted by atomic mass is 35.5. The maximum Gasteiger partial charge on any atom is 0.234 e. The fourth-order valence-electron chi connectivity index (χ4n) is 2.71. The second kappa shape index (κ2) is 8.89. The molecule has 5 nitrogen and oxygen atoms in total. The molecule has 0 unspecified atom stereocenters. The molecule has 0 radical (unpaired) electrons. The third kappa shape index (κ3) is 5.84. The largest absolute Gasteiger partial charge is 0.355 e. The third-order valence-corrected chi connectivity index (χ3v) is 4.28. The zero-order valence-corrected chi connectivity index (χ0v) is 14.3. The van der Waals surface area contributed by atoms with Crippen molar-refractivity contribution in [2.75, 3.05) is 33.2 Å². The van der Waals surface area contributed by atoms with Crippen molar-refractivity contribution in [1.29, 1.82) is 0 Å². The van der Waals surface area contributed by atoms with Crippen molar-refractivity contribution in [2.24, 2.45) is 0 Å². The lowest BCUT2D eigenvalue weighted by molar-refractivity contribution is -0.127. The summed E-state index contributed by atoms with van der Waals surface area (Å²) in [4.78, 5) is 27.2. The number of likely N-dealkylation sites (tertiary alicyclic amines) is 1. The van der Waals surface area contributed by atoms with Gasteiger partial charge >= 0.3 is 0 Å². The van der Waals surface area contributed by atoms with Gasteiger partial charge in [0.25, 0.3) is 0 Å². The Balaban J connectivity index is 1.62. The first-order valence-electron chi connectivity index (χ1n) is 8.02. The van der Waals surface area contributed by atoms with Gasteiger partial charge in [-0.25, -0.2) is 0 Å². The molecule has 0 aliphatic carbocycles. The van der Waals surface area contributed by atoms with Gasteiger partial charge in [-0.2, -0.15) is 0 Å². The highest BCUT2D eigenvalue weighted by Gasteiger charge is 2.19. The lowest BCUT2D eigenvalue weighted by Crippen LogP contribution is -2.36. The van der Waals surface area contributed by atoms with Gasteiger partial charge in [0.15, 0.2) is 0 Å². The van der Waals surface area contributed by atoms with Crippen LogP contribution in [0.1, 0.15) is 24.8 Å². The molecule has 23 heavy (non-hydrogen) atoms. The van der Waals surface area contributed by atoms with Crippen LogP contribution in [0.5, 0.6) is 0 Å². The SMILES string of the molecule is CN(CC(=O)NCCCN1CCCC1=O)Cc1ccccc1Cl. The van der Waals surface area contributed by atoms with Crippen LogP contribution in [-0.4, -0.2) is 54.8 Å². The maximum absolute atomic E-state index is 11.9. The molecule has 1 saturated heterocycles. The Morgan fingerprint density at radius 1 is 1.39 bits per heavy atom. The molecule has 1 aromatic rings. The van der Waals surface area contributed by atoms with Crippen molar-refractivity contribution in [3.63, 3.8) is 0 Å². The Morgan fingerprint density at radius 3 is 2.87 bits per heavy atom. The molecule has 0 atom stereocenters. The predicted molar refractivity (Wildman–Crippen MR) is 91.2 cm³/mol.